The number of aromatic nitrogens is 3. The fourth-order valence-corrected chi connectivity index (χ4v) is 5.22. The number of nitrogens with one attached hydrogen (secondary N) is 1. The Morgan fingerprint density at radius 1 is 0.967 bits per heavy atom. The first-order valence-corrected chi connectivity index (χ1v) is 11.3. The molecule has 3 heterocycles. The highest BCUT2D eigenvalue weighted by atomic mass is 35.5. The van der Waals surface area contributed by atoms with Gasteiger partial charge >= 0.3 is 0 Å². The van der Waals surface area contributed by atoms with E-state index in [4.69, 9.17) is 11.6 Å². The van der Waals surface area contributed by atoms with Crippen molar-refractivity contribution in [2.24, 2.45) is 0 Å². The molecule has 4 rings (SSSR count). The maximum atomic E-state index is 13.1. The lowest BCUT2D eigenvalue weighted by molar-refractivity contribution is 0.383. The first-order chi connectivity index (χ1) is 14.4. The van der Waals surface area contributed by atoms with Gasteiger partial charge in [0.25, 0.3) is 0 Å². The zero-order valence-electron chi connectivity index (χ0n) is 16.4. The maximum absolute atomic E-state index is 13.1. The van der Waals surface area contributed by atoms with Gasteiger partial charge in [0.15, 0.2) is 0 Å². The molecule has 1 aliphatic heterocycles. The van der Waals surface area contributed by atoms with E-state index in [-0.39, 0.29) is 4.90 Å². The number of benzene rings is 1. The van der Waals surface area contributed by atoms with Crippen molar-refractivity contribution in [3.05, 3.63) is 65.6 Å². The molecule has 0 radical (unpaired) electrons. The van der Waals surface area contributed by atoms with Crippen LogP contribution in [0.4, 0.5) is 17.5 Å². The van der Waals surface area contributed by atoms with Crippen LogP contribution in [0.5, 0.6) is 0 Å². The van der Waals surface area contributed by atoms with Crippen LogP contribution in [-0.4, -0.2) is 53.9 Å². The fourth-order valence-electron chi connectivity index (χ4n) is 3.32. The van der Waals surface area contributed by atoms with Crippen molar-refractivity contribution in [1.82, 2.24) is 19.3 Å². The molecule has 10 heteroatoms. The lowest BCUT2D eigenvalue weighted by Crippen LogP contribution is -2.49. The summed E-state index contributed by atoms with van der Waals surface area (Å²) < 4.78 is 27.6. The summed E-state index contributed by atoms with van der Waals surface area (Å²) in [6, 6.07) is 12.4. The van der Waals surface area contributed by atoms with E-state index in [1.807, 2.05) is 29.2 Å². The Kier molecular flexibility index (Phi) is 5.85. The quantitative estimate of drug-likeness (QED) is 0.646. The van der Waals surface area contributed by atoms with Gasteiger partial charge in [-0.15, -0.1) is 0 Å². The van der Waals surface area contributed by atoms with E-state index < -0.39 is 10.0 Å². The minimum Gasteiger partial charge on any atom is -0.354 e. The maximum Gasteiger partial charge on any atom is 0.243 e. The second-order valence-corrected chi connectivity index (χ2v) is 9.17. The third kappa shape index (κ3) is 4.23. The smallest absolute Gasteiger partial charge is 0.243 e. The van der Waals surface area contributed by atoms with Crippen molar-refractivity contribution in [2.45, 2.75) is 11.8 Å². The summed E-state index contributed by atoms with van der Waals surface area (Å²) in [5.41, 5.74) is 0.572. The summed E-state index contributed by atoms with van der Waals surface area (Å²) in [5, 5.41) is 3.59. The van der Waals surface area contributed by atoms with Gasteiger partial charge in [0.05, 0.1) is 4.90 Å². The molecule has 0 unspecified atom stereocenters. The van der Waals surface area contributed by atoms with Crippen molar-refractivity contribution in [2.75, 3.05) is 36.4 Å². The molecule has 0 spiro atoms. The highest BCUT2D eigenvalue weighted by Crippen LogP contribution is 2.27. The van der Waals surface area contributed by atoms with E-state index in [1.165, 1.54) is 10.6 Å². The van der Waals surface area contributed by atoms with Crippen molar-refractivity contribution in [1.29, 1.82) is 0 Å². The second kappa shape index (κ2) is 8.55. The van der Waals surface area contributed by atoms with Crippen LogP contribution in [0.15, 0.2) is 59.9 Å². The predicted molar refractivity (Wildman–Crippen MR) is 117 cm³/mol. The number of anilines is 3. The van der Waals surface area contributed by atoms with E-state index in [1.54, 1.807) is 31.3 Å². The largest absolute Gasteiger partial charge is 0.354 e. The Balaban J connectivity index is 1.46. The Bertz CT molecular complexity index is 1140. The Morgan fingerprint density at radius 2 is 1.77 bits per heavy atom. The van der Waals surface area contributed by atoms with Gasteiger partial charge in [-0.3, -0.25) is 0 Å². The molecular formula is C20H21ClN6O2S. The monoisotopic (exact) mass is 444 g/mol. The molecule has 1 aromatic carbocycles. The molecule has 1 N–H and O–H groups in total. The third-order valence-electron chi connectivity index (χ3n) is 4.97. The first-order valence-electron chi connectivity index (χ1n) is 9.45. The summed E-state index contributed by atoms with van der Waals surface area (Å²) in [4.78, 5) is 15.1. The number of hydrogen-bond donors (Lipinski definition) is 1. The van der Waals surface area contributed by atoms with Gasteiger partial charge in [0, 0.05) is 43.5 Å². The van der Waals surface area contributed by atoms with Crippen LogP contribution in [0, 0.1) is 6.92 Å². The topological polar surface area (TPSA) is 91.3 Å². The number of sulfonamides is 1. The highest BCUT2D eigenvalue weighted by molar-refractivity contribution is 7.89. The molecule has 1 fully saturated rings. The molecule has 1 aliphatic rings. The zero-order valence-corrected chi connectivity index (χ0v) is 17.9. The second-order valence-electron chi connectivity index (χ2n) is 6.86. The molecule has 0 amide bonds. The van der Waals surface area contributed by atoms with E-state index in [2.05, 4.69) is 20.3 Å². The minimum atomic E-state index is -3.60. The van der Waals surface area contributed by atoms with Crippen LogP contribution in [0.1, 0.15) is 5.56 Å². The van der Waals surface area contributed by atoms with Gasteiger partial charge in [0.1, 0.15) is 23.8 Å². The van der Waals surface area contributed by atoms with E-state index in [9.17, 15) is 8.42 Å². The lowest BCUT2D eigenvalue weighted by Gasteiger charge is -2.35. The lowest BCUT2D eigenvalue weighted by atomic mass is 10.2. The van der Waals surface area contributed by atoms with Gasteiger partial charge < -0.3 is 10.2 Å². The molecular weight excluding hydrogens is 424 g/mol. The Hall–Kier alpha value is -2.75. The fraction of sp³-hybridized carbons (Fsp3) is 0.250. The van der Waals surface area contributed by atoms with Crippen LogP contribution >= 0.6 is 11.6 Å². The molecule has 156 valence electrons. The number of piperazine rings is 1. The van der Waals surface area contributed by atoms with Crippen LogP contribution in [0.3, 0.4) is 0 Å². The van der Waals surface area contributed by atoms with Crippen molar-refractivity contribution < 1.29 is 8.42 Å². The van der Waals surface area contributed by atoms with E-state index in [0.29, 0.717) is 48.4 Å². The predicted octanol–water partition coefficient (Wildman–Crippen LogP) is 3.09. The number of rotatable bonds is 5. The summed E-state index contributed by atoms with van der Waals surface area (Å²) in [5.74, 6) is 2.05. The highest BCUT2D eigenvalue weighted by Gasteiger charge is 2.30. The van der Waals surface area contributed by atoms with Gasteiger partial charge in [-0.2, -0.15) is 4.31 Å². The molecule has 0 saturated carbocycles. The van der Waals surface area contributed by atoms with E-state index >= 15 is 0 Å². The first kappa shape index (κ1) is 20.5. The van der Waals surface area contributed by atoms with Gasteiger partial charge in [-0.05, 0) is 36.8 Å². The molecule has 1 saturated heterocycles. The standard InChI is InChI=1S/C20H21ClN6O2S/c1-15-16(21)5-4-6-17(15)30(28,29)27-11-9-26(10-12-27)20-13-19(23-14-24-20)25-18-7-2-3-8-22-18/h2-8,13-14H,9-12H2,1H3,(H,22,23,24,25). The van der Waals surface area contributed by atoms with Crippen LogP contribution in [0.25, 0.3) is 0 Å². The Labute approximate surface area is 180 Å². The zero-order chi connectivity index (χ0) is 21.1. The van der Waals surface area contributed by atoms with Gasteiger partial charge in [-0.25, -0.2) is 23.4 Å². The average molecular weight is 445 g/mol. The average Bonchev–Trinajstić information content (AvgIpc) is 2.76. The molecule has 0 aliphatic carbocycles. The summed E-state index contributed by atoms with van der Waals surface area (Å²) >= 11 is 6.12. The third-order valence-corrected chi connectivity index (χ3v) is 7.42. The van der Waals surface area contributed by atoms with Crippen molar-refractivity contribution in [3.63, 3.8) is 0 Å². The molecule has 0 bridgehead atoms. The summed E-state index contributed by atoms with van der Waals surface area (Å²) in [6.07, 6.45) is 3.19. The van der Waals surface area contributed by atoms with Gasteiger partial charge in [0.2, 0.25) is 10.0 Å². The normalized spacial score (nSPS) is 15.2. The minimum absolute atomic E-state index is 0.257. The van der Waals surface area contributed by atoms with E-state index in [0.717, 1.165) is 5.82 Å². The molecule has 3 aromatic rings. The van der Waals surface area contributed by atoms with Crippen molar-refractivity contribution >= 4 is 39.1 Å². The molecule has 30 heavy (non-hydrogen) atoms. The molecule has 0 atom stereocenters. The number of pyridine rings is 1. The van der Waals surface area contributed by atoms with Crippen LogP contribution < -0.4 is 10.2 Å². The summed E-state index contributed by atoms with van der Waals surface area (Å²) in [7, 11) is -3.60. The van der Waals surface area contributed by atoms with Crippen LogP contribution in [0.2, 0.25) is 5.02 Å². The van der Waals surface area contributed by atoms with Crippen LogP contribution in [-0.2, 0) is 10.0 Å². The number of nitrogens with zero attached hydrogens (tertiary/aromatic N) is 5. The van der Waals surface area contributed by atoms with Gasteiger partial charge in [-0.1, -0.05) is 23.7 Å². The molecule has 8 nitrogen and oxygen atoms in total. The molecule has 2 aromatic heterocycles. The summed E-state index contributed by atoms with van der Waals surface area (Å²) in [6.45, 7) is 3.50. The Morgan fingerprint density at radius 3 is 2.50 bits per heavy atom. The number of halogens is 1. The van der Waals surface area contributed by atoms with Crippen molar-refractivity contribution in [3.8, 4) is 0 Å². The number of hydrogen-bond acceptors (Lipinski definition) is 7. The SMILES string of the molecule is Cc1c(Cl)cccc1S(=O)(=O)N1CCN(c2cc(Nc3ccccn3)ncn2)CC1.